The van der Waals surface area contributed by atoms with Gasteiger partial charge in [0, 0.05) is 5.56 Å². The lowest BCUT2D eigenvalue weighted by Crippen LogP contribution is -1.90. The molecule has 0 saturated heterocycles. The number of hydrogen-bond donors (Lipinski definition) is 0. The van der Waals surface area contributed by atoms with Gasteiger partial charge in [-0.3, -0.25) is 0 Å². The second-order valence-electron chi connectivity index (χ2n) is 6.09. The predicted octanol–water partition coefficient (Wildman–Crippen LogP) is 6.56. The summed E-state index contributed by atoms with van der Waals surface area (Å²) >= 11 is 0. The highest BCUT2D eigenvalue weighted by Gasteiger charge is 2.08. The Bertz CT molecular complexity index is 808. The molecule has 3 rings (SSSR count). The Labute approximate surface area is 141 Å². The molecule has 0 N–H and O–H groups in total. The van der Waals surface area contributed by atoms with Gasteiger partial charge in [0.25, 0.3) is 0 Å². The molecular weight excluding hydrogens is 302 g/mol. The van der Waals surface area contributed by atoms with Gasteiger partial charge in [0.15, 0.2) is 0 Å². The Kier molecular flexibility index (Phi) is 4.75. The van der Waals surface area contributed by atoms with Crippen molar-refractivity contribution in [1.29, 1.82) is 0 Å². The molecule has 0 aliphatic rings. The fourth-order valence-electron chi connectivity index (χ4n) is 2.82. The Morgan fingerprint density at radius 2 is 1.08 bits per heavy atom. The topological polar surface area (TPSA) is 0 Å². The van der Waals surface area contributed by atoms with Gasteiger partial charge >= 0.3 is 0 Å². The Morgan fingerprint density at radius 3 is 1.54 bits per heavy atom. The molecule has 0 unspecified atom stereocenters. The van der Waals surface area contributed by atoms with Gasteiger partial charge in [0.2, 0.25) is 0 Å². The maximum absolute atomic E-state index is 13.7. The lowest BCUT2D eigenvalue weighted by molar-refractivity contribution is 0.569. The first-order valence-corrected chi connectivity index (χ1v) is 8.24. The molecule has 0 aromatic heterocycles. The van der Waals surface area contributed by atoms with E-state index in [0.29, 0.717) is 5.56 Å². The van der Waals surface area contributed by atoms with E-state index in [4.69, 9.17) is 0 Å². The lowest BCUT2D eigenvalue weighted by atomic mass is 9.98. The summed E-state index contributed by atoms with van der Waals surface area (Å²) in [6.07, 6.45) is 2.22. The van der Waals surface area contributed by atoms with Crippen LogP contribution in [0.25, 0.3) is 22.3 Å². The lowest BCUT2D eigenvalue weighted by Gasteiger charge is -2.08. The highest BCUT2D eigenvalue weighted by atomic mass is 19.1. The van der Waals surface area contributed by atoms with Gasteiger partial charge in [-0.2, -0.15) is 0 Å². The molecule has 2 heteroatoms. The third-order valence-electron chi connectivity index (χ3n) is 4.33. The molecular formula is C22H20F2. The summed E-state index contributed by atoms with van der Waals surface area (Å²) in [5.41, 5.74) is 4.99. The van der Waals surface area contributed by atoms with Crippen molar-refractivity contribution in [1.82, 2.24) is 0 Å². The zero-order valence-electron chi connectivity index (χ0n) is 13.9. The van der Waals surface area contributed by atoms with Gasteiger partial charge in [-0.05, 0) is 53.3 Å². The standard InChI is InChI=1S/C22H20F2/c1-3-4-16-5-7-17(8-6-16)18-9-11-19(12-10-18)20-13-21(23)15(2)22(24)14-20/h5-14H,3-4H2,1-2H3. The van der Waals surface area contributed by atoms with E-state index >= 15 is 0 Å². The third-order valence-corrected chi connectivity index (χ3v) is 4.33. The molecule has 0 aliphatic heterocycles. The number of halogens is 2. The van der Waals surface area contributed by atoms with E-state index < -0.39 is 11.6 Å². The zero-order valence-corrected chi connectivity index (χ0v) is 13.9. The molecule has 0 heterocycles. The number of aryl methyl sites for hydroxylation is 1. The summed E-state index contributed by atoms with van der Waals surface area (Å²) in [7, 11) is 0. The van der Waals surface area contributed by atoms with Crippen LogP contribution in [0.5, 0.6) is 0 Å². The second kappa shape index (κ2) is 6.96. The predicted molar refractivity (Wildman–Crippen MR) is 96.0 cm³/mol. The molecule has 3 aromatic carbocycles. The van der Waals surface area contributed by atoms with Crippen molar-refractivity contribution >= 4 is 0 Å². The van der Waals surface area contributed by atoms with E-state index in [9.17, 15) is 8.78 Å². The second-order valence-corrected chi connectivity index (χ2v) is 6.09. The maximum atomic E-state index is 13.7. The molecule has 0 nitrogen and oxygen atoms in total. The van der Waals surface area contributed by atoms with E-state index in [1.807, 2.05) is 24.3 Å². The highest BCUT2D eigenvalue weighted by Crippen LogP contribution is 2.27. The Morgan fingerprint density at radius 1 is 0.667 bits per heavy atom. The number of hydrogen-bond acceptors (Lipinski definition) is 0. The first-order chi connectivity index (χ1) is 11.6. The summed E-state index contributed by atoms with van der Waals surface area (Å²) in [6.45, 7) is 3.61. The summed E-state index contributed by atoms with van der Waals surface area (Å²) < 4.78 is 27.5. The minimum atomic E-state index is -0.513. The van der Waals surface area contributed by atoms with Gasteiger partial charge in [0.05, 0.1) is 0 Å². The number of rotatable bonds is 4. The van der Waals surface area contributed by atoms with Crippen LogP contribution in [0.4, 0.5) is 8.78 Å². The molecule has 0 spiro atoms. The molecule has 0 aliphatic carbocycles. The smallest absolute Gasteiger partial charge is 0.129 e. The van der Waals surface area contributed by atoms with E-state index in [0.717, 1.165) is 29.5 Å². The Hall–Kier alpha value is -2.48. The van der Waals surface area contributed by atoms with Gasteiger partial charge in [-0.1, -0.05) is 61.9 Å². The average molecular weight is 322 g/mol. The molecule has 0 bridgehead atoms. The molecule has 0 fully saturated rings. The van der Waals surface area contributed by atoms with Crippen molar-refractivity contribution < 1.29 is 8.78 Å². The van der Waals surface area contributed by atoms with Gasteiger partial charge in [-0.15, -0.1) is 0 Å². The van der Waals surface area contributed by atoms with Gasteiger partial charge in [0.1, 0.15) is 11.6 Å². The minimum absolute atomic E-state index is 0.0579. The van der Waals surface area contributed by atoms with Crippen molar-refractivity contribution in [3.8, 4) is 22.3 Å². The van der Waals surface area contributed by atoms with Gasteiger partial charge in [-0.25, -0.2) is 8.78 Å². The normalized spacial score (nSPS) is 10.8. The summed E-state index contributed by atoms with van der Waals surface area (Å²) in [4.78, 5) is 0. The van der Waals surface area contributed by atoms with E-state index in [1.165, 1.54) is 24.6 Å². The summed E-state index contributed by atoms with van der Waals surface area (Å²) in [6, 6.07) is 19.1. The molecule has 122 valence electrons. The summed E-state index contributed by atoms with van der Waals surface area (Å²) in [5, 5.41) is 0. The molecule has 3 aromatic rings. The van der Waals surface area contributed by atoms with Crippen molar-refractivity contribution in [2.75, 3.05) is 0 Å². The van der Waals surface area contributed by atoms with Crippen molar-refractivity contribution in [2.24, 2.45) is 0 Å². The fraction of sp³-hybridized carbons (Fsp3) is 0.182. The van der Waals surface area contributed by atoms with Crippen LogP contribution in [0.3, 0.4) is 0 Å². The highest BCUT2D eigenvalue weighted by molar-refractivity contribution is 5.70. The third kappa shape index (κ3) is 3.38. The molecule has 0 radical (unpaired) electrons. The van der Waals surface area contributed by atoms with Crippen molar-refractivity contribution in [2.45, 2.75) is 26.7 Å². The molecule has 0 saturated carbocycles. The monoisotopic (exact) mass is 322 g/mol. The average Bonchev–Trinajstić information content (AvgIpc) is 2.60. The van der Waals surface area contributed by atoms with E-state index in [2.05, 4.69) is 31.2 Å². The van der Waals surface area contributed by atoms with Crippen LogP contribution in [0, 0.1) is 18.6 Å². The van der Waals surface area contributed by atoms with E-state index in [1.54, 1.807) is 0 Å². The van der Waals surface area contributed by atoms with Crippen molar-refractivity contribution in [3.63, 3.8) is 0 Å². The van der Waals surface area contributed by atoms with Crippen molar-refractivity contribution in [3.05, 3.63) is 83.4 Å². The van der Waals surface area contributed by atoms with Crippen LogP contribution in [0.2, 0.25) is 0 Å². The van der Waals surface area contributed by atoms with Crippen LogP contribution in [-0.4, -0.2) is 0 Å². The van der Waals surface area contributed by atoms with Crippen LogP contribution < -0.4 is 0 Å². The zero-order chi connectivity index (χ0) is 17.1. The SMILES string of the molecule is CCCc1ccc(-c2ccc(-c3cc(F)c(C)c(F)c3)cc2)cc1. The van der Waals surface area contributed by atoms with Crippen LogP contribution in [0.1, 0.15) is 24.5 Å². The van der Waals surface area contributed by atoms with Crippen LogP contribution in [0.15, 0.2) is 60.7 Å². The molecule has 0 atom stereocenters. The molecule has 0 amide bonds. The van der Waals surface area contributed by atoms with Crippen LogP contribution >= 0.6 is 0 Å². The quantitative estimate of drug-likeness (QED) is 0.510. The van der Waals surface area contributed by atoms with Gasteiger partial charge < -0.3 is 0 Å². The maximum Gasteiger partial charge on any atom is 0.129 e. The molecule has 24 heavy (non-hydrogen) atoms. The first kappa shape index (κ1) is 16.4. The Balaban J connectivity index is 1.88. The largest absolute Gasteiger partial charge is 0.207 e. The first-order valence-electron chi connectivity index (χ1n) is 8.24. The number of benzene rings is 3. The fourth-order valence-corrected chi connectivity index (χ4v) is 2.82. The minimum Gasteiger partial charge on any atom is -0.207 e. The van der Waals surface area contributed by atoms with Crippen LogP contribution in [-0.2, 0) is 6.42 Å². The summed E-state index contributed by atoms with van der Waals surface area (Å²) in [5.74, 6) is -1.03. The van der Waals surface area contributed by atoms with E-state index in [-0.39, 0.29) is 5.56 Å².